The molecule has 0 aliphatic heterocycles. The second-order valence-corrected chi connectivity index (χ2v) is 4.78. The minimum absolute atomic E-state index is 0.645. The number of pyridine rings is 1. The van der Waals surface area contributed by atoms with Gasteiger partial charge in [-0.2, -0.15) is 21.6 Å². The van der Waals surface area contributed by atoms with Crippen LogP contribution in [0.1, 0.15) is 0 Å². The minimum Gasteiger partial charge on any atom is -0.481 e. The third kappa shape index (κ3) is 4.62. The zero-order valence-corrected chi connectivity index (χ0v) is 9.96. The summed E-state index contributed by atoms with van der Waals surface area (Å²) < 4.78 is 64.8. The standard InChI is InChI=1S/C8H8F3N3O4S/c9-8(10,11)4-18-5-2-1-3-13-6(5)19(16,17)14-7(12)15/h1-3H,4H2,(H3,12,14,15). The fraction of sp³-hybridized carbons (Fsp3) is 0.250. The second-order valence-electron chi connectivity index (χ2n) is 3.18. The third-order valence-electron chi connectivity index (χ3n) is 1.62. The van der Waals surface area contributed by atoms with E-state index in [0.29, 0.717) is 0 Å². The maximum atomic E-state index is 12.0. The van der Waals surface area contributed by atoms with Gasteiger partial charge in [0.25, 0.3) is 10.0 Å². The maximum Gasteiger partial charge on any atom is 0.422 e. The Bertz CT molecular complexity index is 573. The van der Waals surface area contributed by atoms with Gasteiger partial charge in [0, 0.05) is 6.20 Å². The Morgan fingerprint density at radius 2 is 2.11 bits per heavy atom. The maximum absolute atomic E-state index is 12.0. The molecule has 0 bridgehead atoms. The molecule has 0 fully saturated rings. The first-order valence-corrected chi connectivity index (χ1v) is 6.07. The lowest BCUT2D eigenvalue weighted by molar-refractivity contribution is -0.153. The highest BCUT2D eigenvalue weighted by molar-refractivity contribution is 7.90. The van der Waals surface area contributed by atoms with Crippen LogP contribution in [0, 0.1) is 0 Å². The predicted octanol–water partition coefficient (Wildman–Crippen LogP) is 0.380. The van der Waals surface area contributed by atoms with Gasteiger partial charge in [0.2, 0.25) is 5.03 Å². The van der Waals surface area contributed by atoms with Crippen LogP contribution < -0.4 is 15.2 Å². The van der Waals surface area contributed by atoms with E-state index in [4.69, 9.17) is 0 Å². The normalized spacial score (nSPS) is 11.9. The molecule has 11 heteroatoms. The Hall–Kier alpha value is -2.04. The van der Waals surface area contributed by atoms with Gasteiger partial charge >= 0.3 is 12.2 Å². The van der Waals surface area contributed by atoms with Gasteiger partial charge in [0.15, 0.2) is 12.4 Å². The summed E-state index contributed by atoms with van der Waals surface area (Å²) in [6, 6.07) is 0.746. The van der Waals surface area contributed by atoms with Gasteiger partial charge in [-0.15, -0.1) is 0 Å². The zero-order chi connectivity index (χ0) is 14.7. The number of hydrogen-bond acceptors (Lipinski definition) is 5. The highest BCUT2D eigenvalue weighted by Crippen LogP contribution is 2.23. The van der Waals surface area contributed by atoms with E-state index in [0.717, 1.165) is 12.3 Å². The van der Waals surface area contributed by atoms with Crippen LogP contribution in [-0.4, -0.2) is 32.2 Å². The monoisotopic (exact) mass is 299 g/mol. The number of sulfonamides is 1. The van der Waals surface area contributed by atoms with E-state index in [1.54, 1.807) is 0 Å². The average Bonchev–Trinajstić information content (AvgIpc) is 2.24. The molecular weight excluding hydrogens is 291 g/mol. The summed E-state index contributed by atoms with van der Waals surface area (Å²) in [5.41, 5.74) is 4.63. The van der Waals surface area contributed by atoms with E-state index in [2.05, 4.69) is 15.5 Å². The summed E-state index contributed by atoms with van der Waals surface area (Å²) in [4.78, 5) is 13.9. The average molecular weight is 299 g/mol. The van der Waals surface area contributed by atoms with E-state index in [-0.39, 0.29) is 0 Å². The number of nitrogens with two attached hydrogens (primary N) is 1. The van der Waals surface area contributed by atoms with E-state index in [9.17, 15) is 26.4 Å². The van der Waals surface area contributed by atoms with Crippen molar-refractivity contribution in [3.05, 3.63) is 18.3 Å². The Balaban J connectivity index is 3.06. The summed E-state index contributed by atoms with van der Waals surface area (Å²) in [7, 11) is -4.49. The molecule has 7 nitrogen and oxygen atoms in total. The zero-order valence-electron chi connectivity index (χ0n) is 9.14. The van der Waals surface area contributed by atoms with Crippen molar-refractivity contribution in [1.82, 2.24) is 9.71 Å². The molecule has 106 valence electrons. The highest BCUT2D eigenvalue weighted by atomic mass is 32.2. The summed E-state index contributed by atoms with van der Waals surface area (Å²) in [5, 5.41) is -0.863. The van der Waals surface area contributed by atoms with Gasteiger partial charge < -0.3 is 10.5 Å². The lowest BCUT2D eigenvalue weighted by Crippen LogP contribution is -2.35. The molecule has 2 amide bonds. The highest BCUT2D eigenvalue weighted by Gasteiger charge is 2.30. The molecule has 0 aliphatic carbocycles. The van der Waals surface area contributed by atoms with Gasteiger partial charge in [0.05, 0.1) is 0 Å². The summed E-state index contributed by atoms with van der Waals surface area (Å²) >= 11 is 0. The van der Waals surface area contributed by atoms with E-state index < -0.39 is 39.6 Å². The molecule has 0 spiro atoms. The van der Waals surface area contributed by atoms with Crippen LogP contribution in [0.15, 0.2) is 23.4 Å². The van der Waals surface area contributed by atoms with Gasteiger partial charge in [-0.1, -0.05) is 0 Å². The first-order chi connectivity index (χ1) is 8.62. The minimum atomic E-state index is -4.64. The number of alkyl halides is 3. The van der Waals surface area contributed by atoms with E-state index in [1.165, 1.54) is 10.8 Å². The van der Waals surface area contributed by atoms with Crippen molar-refractivity contribution in [1.29, 1.82) is 0 Å². The van der Waals surface area contributed by atoms with E-state index in [1.807, 2.05) is 0 Å². The molecule has 0 aromatic carbocycles. The third-order valence-corrected chi connectivity index (χ3v) is 2.90. The van der Waals surface area contributed by atoms with Crippen molar-refractivity contribution in [3.8, 4) is 5.75 Å². The van der Waals surface area contributed by atoms with Gasteiger partial charge in [-0.25, -0.2) is 14.5 Å². The number of hydrogen-bond donors (Lipinski definition) is 2. The molecule has 1 aromatic heterocycles. The topological polar surface area (TPSA) is 111 Å². The number of urea groups is 1. The van der Waals surface area contributed by atoms with Gasteiger partial charge in [-0.05, 0) is 12.1 Å². The van der Waals surface area contributed by atoms with Crippen molar-refractivity contribution in [2.45, 2.75) is 11.2 Å². The number of amides is 2. The summed E-state index contributed by atoms with van der Waals surface area (Å²) in [6.45, 7) is -1.70. The molecule has 1 heterocycles. The number of aromatic nitrogens is 1. The molecule has 3 N–H and O–H groups in total. The Labute approximate surface area is 105 Å². The van der Waals surface area contributed by atoms with Crippen molar-refractivity contribution in [3.63, 3.8) is 0 Å². The molecule has 19 heavy (non-hydrogen) atoms. The molecular formula is C8H8F3N3O4S. The number of nitrogens with zero attached hydrogens (tertiary/aromatic N) is 1. The van der Waals surface area contributed by atoms with Crippen molar-refractivity contribution >= 4 is 16.1 Å². The lowest BCUT2D eigenvalue weighted by Gasteiger charge is -2.12. The Kier molecular flexibility index (Phi) is 4.19. The SMILES string of the molecule is NC(=O)NS(=O)(=O)c1ncccc1OCC(F)(F)F. The lowest BCUT2D eigenvalue weighted by atomic mass is 10.4. The number of primary amides is 1. The molecule has 0 saturated heterocycles. The summed E-state index contributed by atoms with van der Waals surface area (Å²) in [6.07, 6.45) is -3.63. The second kappa shape index (κ2) is 5.30. The van der Waals surface area contributed by atoms with Crippen molar-refractivity contribution in [2.75, 3.05) is 6.61 Å². The smallest absolute Gasteiger partial charge is 0.422 e. The van der Waals surface area contributed by atoms with Crippen LogP contribution in [0.25, 0.3) is 0 Å². The predicted molar refractivity (Wildman–Crippen MR) is 55.7 cm³/mol. The van der Waals surface area contributed by atoms with Gasteiger partial charge in [0.1, 0.15) is 0 Å². The summed E-state index contributed by atoms with van der Waals surface area (Å²) in [5.74, 6) is -0.645. The number of carbonyl (C=O) groups excluding carboxylic acids is 1. The van der Waals surface area contributed by atoms with Crippen LogP contribution >= 0.6 is 0 Å². The Morgan fingerprint density at radius 3 is 2.63 bits per heavy atom. The van der Waals surface area contributed by atoms with Crippen LogP contribution in [0.3, 0.4) is 0 Å². The molecule has 1 rings (SSSR count). The molecule has 0 radical (unpaired) electrons. The first kappa shape index (κ1) is 15.0. The first-order valence-electron chi connectivity index (χ1n) is 4.58. The molecule has 0 saturated carbocycles. The van der Waals surface area contributed by atoms with Crippen LogP contribution in [0.2, 0.25) is 0 Å². The van der Waals surface area contributed by atoms with Crippen molar-refractivity contribution < 1.29 is 31.1 Å². The number of halogens is 3. The number of ether oxygens (including phenoxy) is 1. The molecule has 1 aromatic rings. The van der Waals surface area contributed by atoms with Crippen LogP contribution in [0.5, 0.6) is 5.75 Å². The van der Waals surface area contributed by atoms with Crippen LogP contribution in [-0.2, 0) is 10.0 Å². The van der Waals surface area contributed by atoms with Gasteiger partial charge in [-0.3, -0.25) is 0 Å². The molecule has 0 aliphatic rings. The van der Waals surface area contributed by atoms with E-state index >= 15 is 0 Å². The Morgan fingerprint density at radius 1 is 1.47 bits per heavy atom. The fourth-order valence-electron chi connectivity index (χ4n) is 1.03. The number of carbonyl (C=O) groups is 1. The number of nitrogens with one attached hydrogen (secondary N) is 1. The number of rotatable bonds is 4. The molecule has 0 unspecified atom stereocenters. The quantitative estimate of drug-likeness (QED) is 0.834. The molecule has 0 atom stereocenters. The fourth-order valence-corrected chi connectivity index (χ4v) is 1.98. The van der Waals surface area contributed by atoms with Crippen molar-refractivity contribution in [2.24, 2.45) is 5.73 Å². The largest absolute Gasteiger partial charge is 0.481 e. The van der Waals surface area contributed by atoms with Crippen LogP contribution in [0.4, 0.5) is 18.0 Å².